The number of fused-ring (bicyclic) bond motifs is 1. The Morgan fingerprint density at radius 2 is 1.95 bits per heavy atom. The molecule has 3 heteroatoms. The molecule has 2 aromatic carbocycles. The number of imidazole rings is 1. The number of nitriles is 1. The van der Waals surface area contributed by atoms with E-state index in [1.807, 2.05) is 31.3 Å². The van der Waals surface area contributed by atoms with E-state index in [0.29, 0.717) is 5.56 Å². The van der Waals surface area contributed by atoms with Crippen LogP contribution in [0.5, 0.6) is 0 Å². The molecule has 0 spiro atoms. The lowest BCUT2D eigenvalue weighted by molar-refractivity contribution is 0.681. The fourth-order valence-electron chi connectivity index (χ4n) is 2.85. The van der Waals surface area contributed by atoms with Crippen molar-refractivity contribution in [2.24, 2.45) is 7.05 Å². The van der Waals surface area contributed by atoms with Crippen molar-refractivity contribution in [3.8, 4) is 6.07 Å². The third-order valence-electron chi connectivity index (χ3n) is 3.97. The lowest BCUT2D eigenvalue weighted by atomic mass is 9.96. The van der Waals surface area contributed by atoms with E-state index in [-0.39, 0.29) is 5.92 Å². The van der Waals surface area contributed by atoms with E-state index in [2.05, 4.69) is 41.8 Å². The molecular formula is C18H17N3. The van der Waals surface area contributed by atoms with Crippen molar-refractivity contribution in [1.82, 2.24) is 9.55 Å². The summed E-state index contributed by atoms with van der Waals surface area (Å²) >= 11 is 0. The number of benzene rings is 2. The lowest BCUT2D eigenvalue weighted by Gasteiger charge is -2.15. The Kier molecular flexibility index (Phi) is 3.45. The van der Waals surface area contributed by atoms with E-state index in [0.717, 1.165) is 23.3 Å². The van der Waals surface area contributed by atoms with E-state index in [4.69, 9.17) is 10.2 Å². The number of rotatable bonds is 3. The van der Waals surface area contributed by atoms with Crippen molar-refractivity contribution in [3.05, 3.63) is 65.5 Å². The molecular weight excluding hydrogens is 258 g/mol. The summed E-state index contributed by atoms with van der Waals surface area (Å²) in [5.41, 5.74) is 3.89. The second kappa shape index (κ2) is 5.41. The van der Waals surface area contributed by atoms with Gasteiger partial charge in [0.05, 0.1) is 22.7 Å². The van der Waals surface area contributed by atoms with E-state index in [9.17, 15) is 0 Å². The predicted octanol–water partition coefficient (Wildman–Crippen LogP) is 3.99. The summed E-state index contributed by atoms with van der Waals surface area (Å²) in [5, 5.41) is 9.02. The van der Waals surface area contributed by atoms with Crippen molar-refractivity contribution in [2.75, 3.05) is 0 Å². The van der Waals surface area contributed by atoms with Gasteiger partial charge in [-0.3, -0.25) is 0 Å². The van der Waals surface area contributed by atoms with Crippen LogP contribution in [-0.4, -0.2) is 9.55 Å². The van der Waals surface area contributed by atoms with Gasteiger partial charge in [0, 0.05) is 13.0 Å². The van der Waals surface area contributed by atoms with Crippen molar-refractivity contribution in [3.63, 3.8) is 0 Å². The molecule has 3 nitrogen and oxygen atoms in total. The van der Waals surface area contributed by atoms with Crippen LogP contribution < -0.4 is 0 Å². The Balaban J connectivity index is 2.15. The van der Waals surface area contributed by atoms with Crippen LogP contribution in [0, 0.1) is 11.3 Å². The highest BCUT2D eigenvalue weighted by Gasteiger charge is 2.18. The van der Waals surface area contributed by atoms with Gasteiger partial charge in [-0.1, -0.05) is 37.3 Å². The van der Waals surface area contributed by atoms with E-state index < -0.39 is 0 Å². The van der Waals surface area contributed by atoms with E-state index in [1.54, 1.807) is 0 Å². The lowest BCUT2D eigenvalue weighted by Crippen LogP contribution is -2.07. The molecule has 104 valence electrons. The number of nitrogens with zero attached hydrogens (tertiary/aromatic N) is 3. The van der Waals surface area contributed by atoms with Crippen molar-refractivity contribution in [1.29, 1.82) is 5.26 Å². The van der Waals surface area contributed by atoms with E-state index in [1.165, 1.54) is 5.56 Å². The van der Waals surface area contributed by atoms with Crippen molar-refractivity contribution >= 4 is 11.0 Å². The van der Waals surface area contributed by atoms with Crippen molar-refractivity contribution in [2.45, 2.75) is 19.3 Å². The van der Waals surface area contributed by atoms with Crippen LogP contribution in [0.25, 0.3) is 11.0 Å². The Morgan fingerprint density at radius 3 is 2.62 bits per heavy atom. The van der Waals surface area contributed by atoms with Gasteiger partial charge in [-0.2, -0.15) is 5.26 Å². The molecule has 0 saturated heterocycles. The third kappa shape index (κ3) is 2.30. The van der Waals surface area contributed by atoms with Crippen LogP contribution in [0.2, 0.25) is 0 Å². The molecule has 0 saturated carbocycles. The number of aryl methyl sites for hydroxylation is 1. The highest BCUT2D eigenvalue weighted by molar-refractivity contribution is 5.78. The first kappa shape index (κ1) is 13.4. The fourth-order valence-corrected chi connectivity index (χ4v) is 2.85. The van der Waals surface area contributed by atoms with Gasteiger partial charge >= 0.3 is 0 Å². The number of hydrogen-bond acceptors (Lipinski definition) is 2. The number of hydrogen-bond donors (Lipinski definition) is 0. The minimum Gasteiger partial charge on any atom is -0.331 e. The maximum absolute atomic E-state index is 9.02. The molecule has 0 fully saturated rings. The van der Waals surface area contributed by atoms with Gasteiger partial charge in [-0.25, -0.2) is 4.98 Å². The quantitative estimate of drug-likeness (QED) is 0.725. The Hall–Kier alpha value is -2.60. The first-order chi connectivity index (χ1) is 10.2. The largest absolute Gasteiger partial charge is 0.331 e. The summed E-state index contributed by atoms with van der Waals surface area (Å²) in [6.07, 6.45) is 0.992. The van der Waals surface area contributed by atoms with Gasteiger partial charge < -0.3 is 4.57 Å². The van der Waals surface area contributed by atoms with Crippen molar-refractivity contribution < 1.29 is 0 Å². The summed E-state index contributed by atoms with van der Waals surface area (Å²) in [5.74, 6) is 1.32. The summed E-state index contributed by atoms with van der Waals surface area (Å²) in [7, 11) is 2.04. The first-order valence-electron chi connectivity index (χ1n) is 7.16. The van der Waals surface area contributed by atoms with Gasteiger partial charge in [0.15, 0.2) is 0 Å². The summed E-state index contributed by atoms with van der Waals surface area (Å²) in [6.45, 7) is 2.18. The molecule has 1 atom stereocenters. The molecule has 0 amide bonds. The molecule has 1 aromatic heterocycles. The molecule has 0 aliphatic heterocycles. The number of aromatic nitrogens is 2. The maximum Gasteiger partial charge on any atom is 0.117 e. The average Bonchev–Trinajstić information content (AvgIpc) is 2.85. The zero-order valence-electron chi connectivity index (χ0n) is 12.2. The molecule has 3 rings (SSSR count). The smallest absolute Gasteiger partial charge is 0.117 e. The predicted molar refractivity (Wildman–Crippen MR) is 84.0 cm³/mol. The molecule has 0 radical (unpaired) electrons. The van der Waals surface area contributed by atoms with Gasteiger partial charge in [0.1, 0.15) is 5.82 Å². The maximum atomic E-state index is 9.02. The van der Waals surface area contributed by atoms with Crippen LogP contribution in [0.3, 0.4) is 0 Å². The Labute approximate surface area is 124 Å². The Morgan fingerprint density at radius 1 is 1.19 bits per heavy atom. The molecule has 1 unspecified atom stereocenters. The second-order valence-electron chi connectivity index (χ2n) is 5.22. The van der Waals surface area contributed by atoms with E-state index >= 15 is 0 Å². The SMILES string of the molecule is CCC(c1ccccc1)c1nc2cc(C#N)ccc2n1C. The van der Waals surface area contributed by atoms with Crippen LogP contribution in [0.4, 0.5) is 0 Å². The molecule has 0 aliphatic carbocycles. The summed E-state index contributed by atoms with van der Waals surface area (Å²) < 4.78 is 2.14. The highest BCUT2D eigenvalue weighted by atomic mass is 15.1. The normalized spacial score (nSPS) is 12.2. The summed E-state index contributed by atoms with van der Waals surface area (Å²) in [6, 6.07) is 18.3. The average molecular weight is 275 g/mol. The minimum atomic E-state index is 0.272. The monoisotopic (exact) mass is 275 g/mol. The minimum absolute atomic E-state index is 0.272. The van der Waals surface area contributed by atoms with Crippen LogP contribution in [0.15, 0.2) is 48.5 Å². The van der Waals surface area contributed by atoms with Gasteiger partial charge in [-0.05, 0) is 30.2 Å². The Bertz CT molecular complexity index is 810. The van der Waals surface area contributed by atoms with Crippen LogP contribution >= 0.6 is 0 Å². The first-order valence-corrected chi connectivity index (χ1v) is 7.16. The van der Waals surface area contributed by atoms with Gasteiger partial charge in [-0.15, -0.1) is 0 Å². The molecule has 0 bridgehead atoms. The topological polar surface area (TPSA) is 41.6 Å². The third-order valence-corrected chi connectivity index (χ3v) is 3.97. The fraction of sp³-hybridized carbons (Fsp3) is 0.222. The second-order valence-corrected chi connectivity index (χ2v) is 5.22. The van der Waals surface area contributed by atoms with Crippen LogP contribution in [-0.2, 0) is 7.05 Å². The molecule has 3 aromatic rings. The van der Waals surface area contributed by atoms with Gasteiger partial charge in [0.2, 0.25) is 0 Å². The zero-order chi connectivity index (χ0) is 14.8. The summed E-state index contributed by atoms with van der Waals surface area (Å²) in [4.78, 5) is 4.78. The van der Waals surface area contributed by atoms with Gasteiger partial charge in [0.25, 0.3) is 0 Å². The molecule has 21 heavy (non-hydrogen) atoms. The molecule has 0 N–H and O–H groups in total. The standard InChI is InChI=1S/C18H17N3/c1-3-15(14-7-5-4-6-8-14)18-20-16-11-13(12-19)9-10-17(16)21(18)2/h4-11,15H,3H2,1-2H3. The molecule has 0 aliphatic rings. The zero-order valence-corrected chi connectivity index (χ0v) is 12.2. The molecule has 1 heterocycles. The van der Waals surface area contributed by atoms with Crippen LogP contribution in [0.1, 0.15) is 36.2 Å². The highest BCUT2D eigenvalue weighted by Crippen LogP contribution is 2.29.